The van der Waals surface area contributed by atoms with Crippen molar-refractivity contribution in [3.05, 3.63) is 58.6 Å². The van der Waals surface area contributed by atoms with Gasteiger partial charge in [-0.2, -0.15) is 0 Å². The summed E-state index contributed by atoms with van der Waals surface area (Å²) >= 11 is 6.21. The van der Waals surface area contributed by atoms with Crippen LogP contribution in [-0.4, -0.2) is 11.8 Å². The highest BCUT2D eigenvalue weighted by atomic mass is 35.5. The molecule has 2 rings (SSSR count). The average molecular weight is 318 g/mol. The third-order valence-electron chi connectivity index (χ3n) is 3.82. The second-order valence-corrected chi connectivity index (χ2v) is 6.23. The van der Waals surface area contributed by atoms with Gasteiger partial charge in [0.2, 0.25) is 0 Å². The van der Waals surface area contributed by atoms with Gasteiger partial charge in [-0.25, -0.2) is 0 Å². The third kappa shape index (κ3) is 4.46. The molecule has 0 radical (unpaired) electrons. The second-order valence-electron chi connectivity index (χ2n) is 5.79. The zero-order valence-electron chi connectivity index (χ0n) is 13.3. The van der Waals surface area contributed by atoms with Gasteiger partial charge in [0.05, 0.1) is 10.7 Å². The van der Waals surface area contributed by atoms with Gasteiger partial charge in [-0.05, 0) is 62.8 Å². The van der Waals surface area contributed by atoms with E-state index in [4.69, 9.17) is 22.3 Å². The van der Waals surface area contributed by atoms with Crippen LogP contribution in [0.2, 0.25) is 0 Å². The Hall–Kier alpha value is -1.58. The summed E-state index contributed by atoms with van der Waals surface area (Å²) in [5.41, 5.74) is 10.9. The number of rotatable bonds is 2. The molecule has 1 aliphatic carbocycles. The smallest absolute Gasteiger partial charge is 0.0682 e. The molecule has 0 fully saturated rings. The molecule has 0 amide bonds. The average Bonchev–Trinajstić information content (AvgIpc) is 2.50. The standard InChI is InChI=1S/C18H24ClN3/c1-12-9-18(15-7-5-4-6-8-15)22-14(3)17(13(2)20)10-16(19)11-21-12/h7,9-11,13,21H,1,4-6,8,20H2,2-3H3/b16-11+,17-10-,18-9-,22-14+. The van der Waals surface area contributed by atoms with Gasteiger partial charge in [-0.15, -0.1) is 0 Å². The van der Waals surface area contributed by atoms with E-state index in [0.29, 0.717) is 5.03 Å². The Labute approximate surface area is 138 Å². The van der Waals surface area contributed by atoms with E-state index in [9.17, 15) is 0 Å². The largest absolute Gasteiger partial charge is 0.361 e. The molecule has 0 bridgehead atoms. The molecule has 4 heteroatoms. The molecular formula is C18H24ClN3. The molecular weight excluding hydrogens is 294 g/mol. The van der Waals surface area contributed by atoms with E-state index in [1.54, 1.807) is 6.20 Å². The van der Waals surface area contributed by atoms with Crippen molar-refractivity contribution in [3.8, 4) is 0 Å². The summed E-state index contributed by atoms with van der Waals surface area (Å²) < 4.78 is 0. The molecule has 0 spiro atoms. The van der Waals surface area contributed by atoms with Crippen LogP contribution < -0.4 is 11.1 Å². The van der Waals surface area contributed by atoms with Crippen molar-refractivity contribution in [2.24, 2.45) is 10.7 Å². The monoisotopic (exact) mass is 317 g/mol. The maximum Gasteiger partial charge on any atom is 0.0682 e. The summed E-state index contributed by atoms with van der Waals surface area (Å²) in [5, 5.41) is 3.68. The lowest BCUT2D eigenvalue weighted by atomic mass is 9.96. The molecule has 1 atom stereocenters. The van der Waals surface area contributed by atoms with Gasteiger partial charge >= 0.3 is 0 Å². The van der Waals surface area contributed by atoms with Crippen LogP contribution in [0.25, 0.3) is 0 Å². The van der Waals surface area contributed by atoms with Gasteiger partial charge in [0, 0.05) is 23.7 Å². The number of halogens is 1. The summed E-state index contributed by atoms with van der Waals surface area (Å²) in [6.45, 7) is 7.94. The Bertz CT molecular complexity index is 604. The Morgan fingerprint density at radius 3 is 2.77 bits per heavy atom. The molecule has 0 aromatic carbocycles. The van der Waals surface area contributed by atoms with Crippen molar-refractivity contribution in [1.82, 2.24) is 5.32 Å². The fraction of sp³-hybridized carbons (Fsp3) is 0.389. The van der Waals surface area contributed by atoms with Crippen LogP contribution in [0.4, 0.5) is 0 Å². The first-order chi connectivity index (χ1) is 10.5. The molecule has 2 aliphatic rings. The van der Waals surface area contributed by atoms with E-state index in [1.165, 1.54) is 18.4 Å². The molecule has 3 N–H and O–H groups in total. The Balaban J connectivity index is 2.48. The van der Waals surface area contributed by atoms with E-state index in [2.05, 4.69) is 18.0 Å². The first-order valence-corrected chi connectivity index (χ1v) is 8.10. The second kappa shape index (κ2) is 7.61. The summed E-state index contributed by atoms with van der Waals surface area (Å²) in [7, 11) is 0. The van der Waals surface area contributed by atoms with Gasteiger partial charge in [-0.1, -0.05) is 24.3 Å². The summed E-state index contributed by atoms with van der Waals surface area (Å²) in [6, 6.07) is -0.130. The summed E-state index contributed by atoms with van der Waals surface area (Å²) in [6.07, 6.45) is 12.5. The van der Waals surface area contributed by atoms with E-state index in [0.717, 1.165) is 35.5 Å². The first kappa shape index (κ1) is 16.8. The Morgan fingerprint density at radius 1 is 1.36 bits per heavy atom. The van der Waals surface area contributed by atoms with E-state index < -0.39 is 0 Å². The molecule has 1 unspecified atom stereocenters. The number of nitrogens with two attached hydrogens (primary N) is 1. The van der Waals surface area contributed by atoms with Crippen LogP contribution >= 0.6 is 11.6 Å². The predicted octanol–water partition coefficient (Wildman–Crippen LogP) is 4.30. The maximum absolute atomic E-state index is 6.21. The molecule has 0 saturated heterocycles. The third-order valence-corrected chi connectivity index (χ3v) is 4.03. The van der Waals surface area contributed by atoms with Crippen LogP contribution in [0.1, 0.15) is 39.5 Å². The molecule has 0 aromatic heterocycles. The highest BCUT2D eigenvalue weighted by Gasteiger charge is 2.13. The van der Waals surface area contributed by atoms with E-state index in [-0.39, 0.29) is 6.04 Å². The van der Waals surface area contributed by atoms with Crippen LogP contribution in [-0.2, 0) is 0 Å². The lowest BCUT2D eigenvalue weighted by Crippen LogP contribution is -2.23. The lowest BCUT2D eigenvalue weighted by molar-refractivity contribution is 0.704. The highest BCUT2D eigenvalue weighted by molar-refractivity contribution is 6.31. The van der Waals surface area contributed by atoms with Gasteiger partial charge < -0.3 is 11.1 Å². The molecule has 0 aromatic rings. The molecule has 1 aliphatic heterocycles. The van der Waals surface area contributed by atoms with Crippen molar-refractivity contribution in [2.75, 3.05) is 0 Å². The zero-order chi connectivity index (χ0) is 16.1. The molecule has 22 heavy (non-hydrogen) atoms. The molecule has 1 heterocycles. The maximum atomic E-state index is 6.21. The van der Waals surface area contributed by atoms with Crippen molar-refractivity contribution in [2.45, 2.75) is 45.6 Å². The molecule has 0 saturated carbocycles. The van der Waals surface area contributed by atoms with Gasteiger partial charge in [0.25, 0.3) is 0 Å². The SMILES string of the molecule is C=C1\C=C(C2=CCCCC2)/N=C(C)/C(C(C)N)=C\C(Cl)=C/N1. The van der Waals surface area contributed by atoms with Crippen molar-refractivity contribution >= 4 is 17.3 Å². The van der Waals surface area contributed by atoms with Crippen LogP contribution in [0.3, 0.4) is 0 Å². The van der Waals surface area contributed by atoms with Crippen LogP contribution in [0, 0.1) is 0 Å². The molecule has 3 nitrogen and oxygen atoms in total. The summed E-state index contributed by atoms with van der Waals surface area (Å²) in [5.74, 6) is 0. The van der Waals surface area contributed by atoms with Crippen LogP contribution in [0.15, 0.2) is 63.6 Å². The topological polar surface area (TPSA) is 50.4 Å². The van der Waals surface area contributed by atoms with E-state index in [1.807, 2.05) is 26.0 Å². The number of aliphatic imine (C=N–C) groups is 1. The number of nitrogens with one attached hydrogen (secondary N) is 1. The van der Waals surface area contributed by atoms with Gasteiger partial charge in [0.1, 0.15) is 0 Å². The number of nitrogens with zero attached hydrogens (tertiary/aromatic N) is 1. The van der Waals surface area contributed by atoms with Crippen molar-refractivity contribution in [1.29, 1.82) is 0 Å². The number of hydrogen-bond donors (Lipinski definition) is 2. The minimum absolute atomic E-state index is 0.130. The summed E-state index contributed by atoms with van der Waals surface area (Å²) in [4.78, 5) is 4.82. The normalized spacial score (nSPS) is 31.1. The van der Waals surface area contributed by atoms with E-state index >= 15 is 0 Å². The zero-order valence-corrected chi connectivity index (χ0v) is 14.1. The molecule has 118 valence electrons. The first-order valence-electron chi connectivity index (χ1n) is 7.72. The Kier molecular flexibility index (Phi) is 5.81. The predicted molar refractivity (Wildman–Crippen MR) is 95.7 cm³/mol. The number of hydrogen-bond acceptors (Lipinski definition) is 3. The Morgan fingerprint density at radius 2 is 2.14 bits per heavy atom. The minimum atomic E-state index is -0.130. The fourth-order valence-corrected chi connectivity index (χ4v) is 2.81. The minimum Gasteiger partial charge on any atom is -0.361 e. The van der Waals surface area contributed by atoms with Gasteiger partial charge in [0.15, 0.2) is 0 Å². The number of allylic oxidation sites excluding steroid dienone is 5. The van der Waals surface area contributed by atoms with Crippen molar-refractivity contribution < 1.29 is 0 Å². The van der Waals surface area contributed by atoms with Crippen LogP contribution in [0.5, 0.6) is 0 Å². The lowest BCUT2D eigenvalue weighted by Gasteiger charge is -2.18. The van der Waals surface area contributed by atoms with Crippen molar-refractivity contribution in [3.63, 3.8) is 0 Å². The fourth-order valence-electron chi connectivity index (χ4n) is 2.64. The quantitative estimate of drug-likeness (QED) is 0.797. The van der Waals surface area contributed by atoms with Gasteiger partial charge in [-0.3, -0.25) is 4.99 Å². The highest BCUT2D eigenvalue weighted by Crippen LogP contribution is 2.27.